The van der Waals surface area contributed by atoms with Crippen LogP contribution in [0.15, 0.2) is 41.2 Å². The molecule has 2 saturated carbocycles. The van der Waals surface area contributed by atoms with Crippen LogP contribution in [0.25, 0.3) is 11.0 Å². The number of benzene rings is 1. The lowest BCUT2D eigenvalue weighted by Gasteiger charge is -2.26. The van der Waals surface area contributed by atoms with Gasteiger partial charge in [0, 0.05) is 6.54 Å². The van der Waals surface area contributed by atoms with Crippen LogP contribution in [0.1, 0.15) is 116 Å². The molecule has 2 aliphatic carbocycles. The fourth-order valence-corrected chi connectivity index (χ4v) is 7.19. The van der Waals surface area contributed by atoms with E-state index in [4.69, 9.17) is 5.11 Å². The van der Waals surface area contributed by atoms with Crippen molar-refractivity contribution in [1.82, 2.24) is 30.2 Å². The van der Waals surface area contributed by atoms with Crippen LogP contribution in [0.5, 0.6) is 0 Å². The highest BCUT2D eigenvalue weighted by Crippen LogP contribution is 2.40. The summed E-state index contributed by atoms with van der Waals surface area (Å²) < 4.78 is 14.6. The molecule has 3 unspecified atom stereocenters. The van der Waals surface area contributed by atoms with E-state index < -0.39 is 58.2 Å². The largest absolute Gasteiger partial charge is 0.465 e. The Morgan fingerprint density at radius 1 is 1.08 bits per heavy atom. The molecule has 1 saturated heterocycles. The van der Waals surface area contributed by atoms with Gasteiger partial charge in [-0.05, 0) is 82.8 Å². The number of carbonyl (C=O) groups excluding carboxylic acids is 3. The van der Waals surface area contributed by atoms with Gasteiger partial charge in [-0.15, -0.1) is 0 Å². The number of aryl methyl sites for hydroxylation is 1. The fraction of sp³-hybridized carbons (Fsp3) is 0.632. The molecule has 3 fully saturated rings. The van der Waals surface area contributed by atoms with Crippen molar-refractivity contribution < 1.29 is 28.5 Å². The van der Waals surface area contributed by atoms with E-state index in [9.17, 15) is 28.2 Å². The molecule has 0 radical (unpaired) electrons. The minimum absolute atomic E-state index is 0.0270. The molecule has 3 aliphatic rings. The Bertz CT molecular complexity index is 1640. The molecule has 286 valence electrons. The van der Waals surface area contributed by atoms with Crippen molar-refractivity contribution in [3.8, 4) is 0 Å². The third kappa shape index (κ3) is 13.2. The van der Waals surface area contributed by atoms with E-state index in [1.807, 2.05) is 48.7 Å². The van der Waals surface area contributed by atoms with E-state index in [0.29, 0.717) is 25.1 Å². The number of hydrogen-bond donors (Lipinski definition) is 5. The van der Waals surface area contributed by atoms with Gasteiger partial charge in [-0.25, -0.2) is 14.0 Å². The van der Waals surface area contributed by atoms with E-state index in [-0.39, 0.29) is 12.0 Å². The van der Waals surface area contributed by atoms with Gasteiger partial charge in [0.15, 0.2) is 0 Å². The zero-order chi connectivity index (χ0) is 37.5. The van der Waals surface area contributed by atoms with Gasteiger partial charge >= 0.3 is 6.09 Å². The highest BCUT2D eigenvalue weighted by atomic mass is 32.2. The van der Waals surface area contributed by atoms with Gasteiger partial charge in [-0.3, -0.25) is 23.9 Å². The second-order valence-corrected chi connectivity index (χ2v) is 16.2. The first kappa shape index (κ1) is 40.7. The number of carbonyl (C=O) groups is 4. The van der Waals surface area contributed by atoms with Crippen LogP contribution < -0.4 is 20.9 Å². The van der Waals surface area contributed by atoms with Gasteiger partial charge < -0.3 is 25.6 Å². The number of rotatable bonds is 19. The Morgan fingerprint density at radius 3 is 2.56 bits per heavy atom. The molecule has 52 heavy (non-hydrogen) atoms. The molecular formula is C38H56N6O7S. The molecule has 2 aromatic rings. The molecule has 5 rings (SSSR count). The number of aromatic nitrogens is 2. The molecule has 13 nitrogen and oxygen atoms in total. The van der Waals surface area contributed by atoms with Crippen molar-refractivity contribution in [2.24, 2.45) is 5.92 Å². The summed E-state index contributed by atoms with van der Waals surface area (Å²) >= 11 is 0. The van der Waals surface area contributed by atoms with Crippen LogP contribution in [0.4, 0.5) is 4.79 Å². The summed E-state index contributed by atoms with van der Waals surface area (Å²) in [6, 6.07) is 6.01. The highest BCUT2D eigenvalue weighted by Gasteiger charge is 2.45. The lowest BCUT2D eigenvalue weighted by molar-refractivity contribution is -0.138. The maximum Gasteiger partial charge on any atom is 0.405 e. The number of para-hydroxylation sites is 2. The van der Waals surface area contributed by atoms with Gasteiger partial charge in [0.05, 0.1) is 15.8 Å². The van der Waals surface area contributed by atoms with Crippen LogP contribution in [0.3, 0.4) is 0 Å². The zero-order valence-electron chi connectivity index (χ0n) is 30.6. The van der Waals surface area contributed by atoms with Crippen molar-refractivity contribution in [3.63, 3.8) is 0 Å². The zero-order valence-corrected chi connectivity index (χ0v) is 31.4. The molecule has 5 N–H and O–H groups in total. The smallest absolute Gasteiger partial charge is 0.405 e. The summed E-state index contributed by atoms with van der Waals surface area (Å²) in [4.78, 5) is 69.4. The van der Waals surface area contributed by atoms with Crippen molar-refractivity contribution in [3.05, 3.63) is 52.5 Å². The highest BCUT2D eigenvalue weighted by molar-refractivity contribution is 7.85. The second-order valence-electron chi connectivity index (χ2n) is 14.4. The number of amides is 4. The Morgan fingerprint density at radius 2 is 1.85 bits per heavy atom. The molecule has 14 heteroatoms. The molecule has 3 atom stereocenters. The normalized spacial score (nSPS) is 18.7. The number of nitrogens with one attached hydrogen (secondary N) is 4. The summed E-state index contributed by atoms with van der Waals surface area (Å²) in [7, 11) is -1.53. The predicted octanol–water partition coefficient (Wildman–Crippen LogP) is 5.02. The summed E-state index contributed by atoms with van der Waals surface area (Å²) in [5, 5.41) is 13.4. The topological polar surface area (TPSA) is 191 Å². The molecule has 1 aromatic carbocycles. The maximum atomic E-state index is 13.0. The Labute approximate surface area is 308 Å². The molecule has 1 aliphatic heterocycles. The Balaban J connectivity index is 0.000000267. The predicted molar refractivity (Wildman–Crippen MR) is 202 cm³/mol. The van der Waals surface area contributed by atoms with E-state index in [1.165, 1.54) is 37.0 Å². The van der Waals surface area contributed by atoms with Crippen LogP contribution in [0.2, 0.25) is 0 Å². The standard InChI is InChI=1S/C22H36N4O6S.C16H20N2O/c1-3-4-5-6-7-8-10-16(19(28)25-33(32)22(2)12-13-22)24-20(29)17-11-9-14-26(17)18(27)15-23-21(30)31;19-16-15(9-3-1-2-6-12-10-11-12)17-13-7-4-5-8-14(13)18-16/h7-8,16-17,23H,3-6,9-15H2,1-2H3,(H,24,29)(H,25,28)(H,30,31);4-5,7-8,12H,1-3,6,9-11H2,(H,18,19)/b8-7-;. The maximum absolute atomic E-state index is 13.0. The van der Waals surface area contributed by atoms with E-state index in [2.05, 4.69) is 26.9 Å². The first-order valence-electron chi connectivity index (χ1n) is 18.9. The van der Waals surface area contributed by atoms with Crippen molar-refractivity contribution >= 4 is 45.8 Å². The average molecular weight is 741 g/mol. The number of nitrogens with zero attached hydrogens (tertiary/aromatic N) is 2. The molecule has 0 bridgehead atoms. The van der Waals surface area contributed by atoms with Gasteiger partial charge in [0.25, 0.3) is 11.5 Å². The molecular weight excluding hydrogens is 685 g/mol. The molecule has 2 heterocycles. The van der Waals surface area contributed by atoms with E-state index in [1.54, 1.807) is 0 Å². The van der Waals surface area contributed by atoms with Gasteiger partial charge in [-0.2, -0.15) is 0 Å². The number of H-pyrrole nitrogens is 1. The number of likely N-dealkylation sites (tertiary alicyclic amines) is 1. The SMILES string of the molecule is CCCCC/C=C\CC(NC(=O)C1CCCN1C(=O)CNC(=O)O)C(=O)NS(=O)C1(C)CC1.O=c1[nH]c2ccccc2nc1CCCCCC1CC1. The molecule has 0 spiro atoms. The number of hydrogen-bond acceptors (Lipinski definition) is 7. The number of fused-ring (bicyclic) bond motifs is 1. The van der Waals surface area contributed by atoms with E-state index >= 15 is 0 Å². The lowest BCUT2D eigenvalue weighted by Crippen LogP contribution is -2.54. The van der Waals surface area contributed by atoms with E-state index in [0.717, 1.165) is 68.3 Å². The number of carboxylic acid groups (broad SMARTS) is 1. The fourth-order valence-electron chi connectivity index (χ4n) is 6.15. The first-order valence-corrected chi connectivity index (χ1v) is 20.1. The van der Waals surface area contributed by atoms with Crippen molar-refractivity contribution in [2.75, 3.05) is 13.1 Å². The molecule has 4 amide bonds. The van der Waals surface area contributed by atoms with Crippen LogP contribution in [0, 0.1) is 5.92 Å². The number of unbranched alkanes of at least 4 members (excludes halogenated alkanes) is 5. The average Bonchev–Trinajstić information content (AvgIpc) is 4.05. The Kier molecular flexibility index (Phi) is 15.8. The van der Waals surface area contributed by atoms with Crippen LogP contribution >= 0.6 is 0 Å². The number of allylic oxidation sites excluding steroid dienone is 1. The quantitative estimate of drug-likeness (QED) is 0.0979. The first-order chi connectivity index (χ1) is 25.0. The van der Waals surface area contributed by atoms with Gasteiger partial charge in [0.1, 0.15) is 35.3 Å². The summed E-state index contributed by atoms with van der Waals surface area (Å²) in [5.41, 5.74) is 2.37. The second kappa shape index (κ2) is 20.2. The summed E-state index contributed by atoms with van der Waals surface area (Å²) in [6.07, 6.45) is 18.1. The van der Waals surface area contributed by atoms with Gasteiger partial charge in [0.2, 0.25) is 11.8 Å². The summed E-state index contributed by atoms with van der Waals surface area (Å²) in [5.74, 6) is -0.465. The van der Waals surface area contributed by atoms with Crippen LogP contribution in [-0.2, 0) is 31.8 Å². The minimum atomic E-state index is -1.53. The third-order valence-electron chi connectivity index (χ3n) is 9.90. The molecule has 1 aromatic heterocycles. The van der Waals surface area contributed by atoms with Gasteiger partial charge in [-0.1, -0.05) is 76.2 Å². The number of aromatic amines is 1. The van der Waals surface area contributed by atoms with Crippen molar-refractivity contribution in [1.29, 1.82) is 0 Å². The third-order valence-corrected chi connectivity index (χ3v) is 11.6. The monoisotopic (exact) mass is 740 g/mol. The Hall–Kier alpha value is -4.07. The van der Waals surface area contributed by atoms with Crippen molar-refractivity contribution in [2.45, 2.75) is 133 Å². The lowest BCUT2D eigenvalue weighted by atomic mass is 10.1. The van der Waals surface area contributed by atoms with Crippen LogP contribution in [-0.4, -0.2) is 77.9 Å². The minimum Gasteiger partial charge on any atom is -0.465 e. The summed E-state index contributed by atoms with van der Waals surface area (Å²) in [6.45, 7) is 3.89.